The van der Waals surface area contributed by atoms with Gasteiger partial charge in [-0.15, -0.1) is 0 Å². The van der Waals surface area contributed by atoms with Gasteiger partial charge in [-0.3, -0.25) is 0 Å². The summed E-state index contributed by atoms with van der Waals surface area (Å²) in [7, 11) is 0. The smallest absolute Gasteiger partial charge is 0.129 e. The summed E-state index contributed by atoms with van der Waals surface area (Å²) in [6, 6.07) is 2.01. The minimum atomic E-state index is 0.267. The number of hydrogen-bond acceptors (Lipinski definition) is 5. The van der Waals surface area contributed by atoms with Crippen LogP contribution in [0.15, 0.2) is 12.4 Å². The van der Waals surface area contributed by atoms with Crippen LogP contribution in [0.1, 0.15) is 31.9 Å². The molecule has 1 aromatic heterocycles. The van der Waals surface area contributed by atoms with Gasteiger partial charge in [0.2, 0.25) is 0 Å². The first-order valence-corrected chi connectivity index (χ1v) is 6.51. The molecule has 1 aromatic rings. The van der Waals surface area contributed by atoms with E-state index in [1.165, 1.54) is 0 Å². The second-order valence-corrected chi connectivity index (χ2v) is 4.73. The fourth-order valence-corrected chi connectivity index (χ4v) is 1.93. The molecule has 0 spiro atoms. The Kier molecular flexibility index (Phi) is 4.90. The normalized spacial score (nSPS) is 19.4. The van der Waals surface area contributed by atoms with Crippen molar-refractivity contribution in [2.45, 2.75) is 32.3 Å². The molecule has 0 saturated carbocycles. The van der Waals surface area contributed by atoms with E-state index < -0.39 is 0 Å². The lowest BCUT2D eigenvalue weighted by atomic mass is 10.1. The molecule has 0 aromatic carbocycles. The summed E-state index contributed by atoms with van der Waals surface area (Å²) in [6.07, 6.45) is 2.93. The van der Waals surface area contributed by atoms with Crippen LogP contribution in [0.4, 0.5) is 5.82 Å². The molecule has 5 heteroatoms. The summed E-state index contributed by atoms with van der Waals surface area (Å²) in [6.45, 7) is 7.11. The largest absolute Gasteiger partial charge is 0.381 e. The molecule has 18 heavy (non-hydrogen) atoms. The maximum atomic E-state index is 5.47. The number of nitrogens with one attached hydrogen (secondary N) is 1. The predicted molar refractivity (Wildman–Crippen MR) is 69.8 cm³/mol. The lowest BCUT2D eigenvalue weighted by Gasteiger charge is -2.11. The maximum Gasteiger partial charge on any atom is 0.129 e. The Morgan fingerprint density at radius 1 is 1.50 bits per heavy atom. The fraction of sp³-hybridized carbons (Fsp3) is 0.692. The summed E-state index contributed by atoms with van der Waals surface area (Å²) in [5.41, 5.74) is 1.06. The van der Waals surface area contributed by atoms with Crippen molar-refractivity contribution in [3.8, 4) is 0 Å². The van der Waals surface area contributed by atoms with Crippen molar-refractivity contribution in [1.82, 2.24) is 9.97 Å². The molecule has 1 saturated heterocycles. The third-order valence-electron chi connectivity index (χ3n) is 2.90. The molecule has 2 rings (SSSR count). The molecule has 1 atom stereocenters. The van der Waals surface area contributed by atoms with E-state index >= 15 is 0 Å². The second kappa shape index (κ2) is 6.66. The van der Waals surface area contributed by atoms with Crippen molar-refractivity contribution >= 4 is 5.82 Å². The van der Waals surface area contributed by atoms with Crippen molar-refractivity contribution < 1.29 is 9.47 Å². The Hall–Kier alpha value is -1.20. The second-order valence-electron chi connectivity index (χ2n) is 4.73. The number of hydrogen-bond donors (Lipinski definition) is 1. The lowest BCUT2D eigenvalue weighted by molar-refractivity contribution is 0.0870. The quantitative estimate of drug-likeness (QED) is 0.781. The van der Waals surface area contributed by atoms with Gasteiger partial charge in [-0.2, -0.15) is 0 Å². The third kappa shape index (κ3) is 3.92. The minimum absolute atomic E-state index is 0.267. The zero-order valence-corrected chi connectivity index (χ0v) is 11.1. The molecule has 0 amide bonds. The average Bonchev–Trinajstić information content (AvgIpc) is 2.89. The summed E-state index contributed by atoms with van der Waals surface area (Å²) in [4.78, 5) is 8.52. The molecule has 0 unspecified atom stereocenters. The van der Waals surface area contributed by atoms with Crippen LogP contribution in [-0.2, 0) is 9.47 Å². The van der Waals surface area contributed by atoms with Gasteiger partial charge < -0.3 is 14.8 Å². The van der Waals surface area contributed by atoms with E-state index in [4.69, 9.17) is 9.47 Å². The van der Waals surface area contributed by atoms with Crippen LogP contribution in [-0.4, -0.2) is 42.4 Å². The molecule has 1 aliphatic rings. The van der Waals surface area contributed by atoms with Gasteiger partial charge in [0, 0.05) is 25.1 Å². The summed E-state index contributed by atoms with van der Waals surface area (Å²) in [5, 5.41) is 3.25. The van der Waals surface area contributed by atoms with E-state index in [0.29, 0.717) is 12.5 Å². The molecule has 0 aliphatic carbocycles. The highest BCUT2D eigenvalue weighted by atomic mass is 16.5. The van der Waals surface area contributed by atoms with Gasteiger partial charge >= 0.3 is 0 Å². The van der Waals surface area contributed by atoms with E-state index in [1.54, 1.807) is 6.33 Å². The molecule has 0 radical (unpaired) electrons. The van der Waals surface area contributed by atoms with E-state index in [0.717, 1.165) is 37.7 Å². The number of ether oxygens (including phenoxy) is 2. The number of nitrogens with zero attached hydrogens (tertiary/aromatic N) is 2. The van der Waals surface area contributed by atoms with Crippen LogP contribution in [0.2, 0.25) is 0 Å². The van der Waals surface area contributed by atoms with Crippen molar-refractivity contribution in [1.29, 1.82) is 0 Å². The van der Waals surface area contributed by atoms with Gasteiger partial charge in [-0.1, -0.05) is 0 Å². The molecule has 1 N–H and O–H groups in total. The van der Waals surface area contributed by atoms with Crippen LogP contribution in [0, 0.1) is 0 Å². The topological polar surface area (TPSA) is 56.3 Å². The zero-order valence-electron chi connectivity index (χ0n) is 11.1. The van der Waals surface area contributed by atoms with E-state index in [2.05, 4.69) is 15.3 Å². The SMILES string of the molecule is CC(C)OCCNc1cc([C@@H]2CCOC2)ncn1. The number of rotatable bonds is 6. The van der Waals surface area contributed by atoms with Gasteiger partial charge in [-0.05, 0) is 20.3 Å². The third-order valence-corrected chi connectivity index (χ3v) is 2.90. The molecule has 0 bridgehead atoms. The van der Waals surface area contributed by atoms with Crippen molar-refractivity contribution in [3.63, 3.8) is 0 Å². The molecule has 1 fully saturated rings. The summed E-state index contributed by atoms with van der Waals surface area (Å²) in [5.74, 6) is 1.28. The van der Waals surface area contributed by atoms with E-state index in [-0.39, 0.29) is 6.10 Å². The van der Waals surface area contributed by atoms with Gasteiger partial charge in [0.25, 0.3) is 0 Å². The summed E-state index contributed by atoms with van der Waals surface area (Å²) < 4.78 is 10.8. The Bertz CT molecular complexity index is 365. The molecule has 100 valence electrons. The van der Waals surface area contributed by atoms with Crippen LogP contribution < -0.4 is 5.32 Å². The zero-order chi connectivity index (χ0) is 12.8. The van der Waals surface area contributed by atoms with Crippen molar-refractivity contribution in [3.05, 3.63) is 18.1 Å². The molecule has 1 aliphatic heterocycles. The monoisotopic (exact) mass is 251 g/mol. The first-order chi connectivity index (χ1) is 8.75. The molecular formula is C13H21N3O2. The fourth-order valence-electron chi connectivity index (χ4n) is 1.93. The predicted octanol–water partition coefficient (Wildman–Crippen LogP) is 1.82. The average molecular weight is 251 g/mol. The van der Waals surface area contributed by atoms with Gasteiger partial charge in [0.1, 0.15) is 12.1 Å². The van der Waals surface area contributed by atoms with Crippen LogP contribution in [0.3, 0.4) is 0 Å². The highest BCUT2D eigenvalue weighted by Crippen LogP contribution is 2.24. The Labute approximate surface area is 108 Å². The van der Waals surface area contributed by atoms with Crippen LogP contribution >= 0.6 is 0 Å². The lowest BCUT2D eigenvalue weighted by Crippen LogP contribution is -2.14. The van der Waals surface area contributed by atoms with Crippen molar-refractivity contribution in [2.24, 2.45) is 0 Å². The Morgan fingerprint density at radius 3 is 3.11 bits per heavy atom. The first kappa shape index (κ1) is 13.2. The molecule has 2 heterocycles. The Morgan fingerprint density at radius 2 is 2.39 bits per heavy atom. The van der Waals surface area contributed by atoms with Crippen molar-refractivity contribution in [2.75, 3.05) is 31.7 Å². The maximum absolute atomic E-state index is 5.47. The van der Waals surface area contributed by atoms with Crippen LogP contribution in [0.25, 0.3) is 0 Å². The highest BCUT2D eigenvalue weighted by molar-refractivity contribution is 5.35. The molecular weight excluding hydrogens is 230 g/mol. The minimum Gasteiger partial charge on any atom is -0.381 e. The highest BCUT2D eigenvalue weighted by Gasteiger charge is 2.19. The van der Waals surface area contributed by atoms with Gasteiger partial charge in [-0.25, -0.2) is 9.97 Å². The van der Waals surface area contributed by atoms with Gasteiger partial charge in [0.05, 0.1) is 25.0 Å². The first-order valence-electron chi connectivity index (χ1n) is 6.51. The Balaban J connectivity index is 1.83. The van der Waals surface area contributed by atoms with E-state index in [1.807, 2.05) is 19.9 Å². The molecule has 5 nitrogen and oxygen atoms in total. The van der Waals surface area contributed by atoms with Gasteiger partial charge in [0.15, 0.2) is 0 Å². The number of anilines is 1. The van der Waals surface area contributed by atoms with E-state index in [9.17, 15) is 0 Å². The summed E-state index contributed by atoms with van der Waals surface area (Å²) >= 11 is 0. The standard InChI is InChI=1S/C13H21N3O2/c1-10(2)18-6-4-14-13-7-12(15-9-16-13)11-3-5-17-8-11/h7,9-11H,3-6,8H2,1-2H3,(H,14,15,16)/t11-/m1/s1. The number of aromatic nitrogens is 2. The van der Waals surface area contributed by atoms with Crippen LogP contribution in [0.5, 0.6) is 0 Å².